The number of fused-ring (bicyclic) bond motifs is 1. The van der Waals surface area contributed by atoms with Gasteiger partial charge in [0.15, 0.2) is 0 Å². The van der Waals surface area contributed by atoms with Gasteiger partial charge in [-0.15, -0.1) is 0 Å². The van der Waals surface area contributed by atoms with Crippen molar-refractivity contribution in [1.82, 2.24) is 25.1 Å². The number of rotatable bonds is 3. The topological polar surface area (TPSA) is 67.7 Å². The van der Waals surface area contributed by atoms with Crippen molar-refractivity contribution in [2.75, 3.05) is 18.4 Å². The quantitative estimate of drug-likeness (QED) is 0.893. The van der Waals surface area contributed by atoms with E-state index < -0.39 is 0 Å². The Kier molecular flexibility index (Phi) is 3.31. The lowest BCUT2D eigenvalue weighted by Gasteiger charge is -2.15. The molecule has 1 saturated heterocycles. The Morgan fingerprint density at radius 3 is 3.14 bits per heavy atom. The van der Waals surface area contributed by atoms with Gasteiger partial charge in [0.25, 0.3) is 0 Å². The molecule has 0 spiro atoms. The van der Waals surface area contributed by atoms with E-state index in [-0.39, 0.29) is 0 Å². The maximum Gasteiger partial charge on any atom is 0.145 e. The second-order valence-corrected chi connectivity index (χ2v) is 5.81. The number of hydrogen-bond donors (Lipinski definition) is 2. The van der Waals surface area contributed by atoms with E-state index in [4.69, 9.17) is 4.98 Å². The standard InChI is InChI=1S/C15H20N6/c1-2-6-21-14(3-1)12(8-18-21)13-9-17-10-15(20-13)19-11-4-5-16-7-11/h8-11,16H,1-7H2,(H,19,20). The van der Waals surface area contributed by atoms with Crippen LogP contribution in [-0.4, -0.2) is 38.9 Å². The molecule has 2 aromatic rings. The molecule has 4 rings (SSSR count). The van der Waals surface area contributed by atoms with Crippen molar-refractivity contribution in [1.29, 1.82) is 0 Å². The Bertz CT molecular complexity index is 629. The molecule has 1 unspecified atom stereocenters. The predicted octanol–water partition coefficient (Wildman–Crippen LogP) is 1.45. The monoisotopic (exact) mass is 284 g/mol. The van der Waals surface area contributed by atoms with Gasteiger partial charge in [-0.1, -0.05) is 0 Å². The fourth-order valence-electron chi connectivity index (χ4n) is 3.19. The molecule has 0 bridgehead atoms. The van der Waals surface area contributed by atoms with Crippen LogP contribution in [0.3, 0.4) is 0 Å². The van der Waals surface area contributed by atoms with E-state index in [1.165, 1.54) is 18.5 Å². The SMILES string of the molecule is c1ncc(-c2cnn3c2CCCC3)nc1NC1CCNC1. The van der Waals surface area contributed by atoms with Gasteiger partial charge in [0.05, 0.1) is 24.3 Å². The first-order chi connectivity index (χ1) is 10.4. The summed E-state index contributed by atoms with van der Waals surface area (Å²) in [4.78, 5) is 9.08. The van der Waals surface area contributed by atoms with Crippen LogP contribution in [0.25, 0.3) is 11.3 Å². The largest absolute Gasteiger partial charge is 0.365 e. The van der Waals surface area contributed by atoms with Crippen LogP contribution in [0.1, 0.15) is 25.0 Å². The molecule has 0 saturated carbocycles. The number of aromatic nitrogens is 4. The third-order valence-corrected chi connectivity index (χ3v) is 4.31. The fourth-order valence-corrected chi connectivity index (χ4v) is 3.19. The second-order valence-electron chi connectivity index (χ2n) is 5.81. The van der Waals surface area contributed by atoms with Crippen molar-refractivity contribution in [3.05, 3.63) is 24.3 Å². The summed E-state index contributed by atoms with van der Waals surface area (Å²) < 4.78 is 2.11. The van der Waals surface area contributed by atoms with E-state index in [0.29, 0.717) is 6.04 Å². The van der Waals surface area contributed by atoms with E-state index in [1.54, 1.807) is 6.20 Å². The third-order valence-electron chi connectivity index (χ3n) is 4.31. The van der Waals surface area contributed by atoms with Gasteiger partial charge < -0.3 is 10.6 Å². The maximum absolute atomic E-state index is 4.73. The fraction of sp³-hybridized carbons (Fsp3) is 0.533. The Balaban J connectivity index is 1.61. The van der Waals surface area contributed by atoms with Crippen molar-refractivity contribution >= 4 is 5.82 Å². The van der Waals surface area contributed by atoms with Crippen molar-refractivity contribution in [3.63, 3.8) is 0 Å². The zero-order valence-corrected chi connectivity index (χ0v) is 12.0. The summed E-state index contributed by atoms with van der Waals surface area (Å²) in [6.07, 6.45) is 10.2. The van der Waals surface area contributed by atoms with Gasteiger partial charge in [-0.2, -0.15) is 5.10 Å². The molecule has 1 atom stereocenters. The molecular formula is C15H20N6. The highest BCUT2D eigenvalue weighted by atomic mass is 15.3. The molecule has 6 nitrogen and oxygen atoms in total. The van der Waals surface area contributed by atoms with E-state index in [0.717, 1.165) is 49.6 Å². The number of aryl methyl sites for hydroxylation is 1. The zero-order chi connectivity index (χ0) is 14.1. The molecular weight excluding hydrogens is 264 g/mol. The summed E-state index contributed by atoms with van der Waals surface area (Å²) in [5.41, 5.74) is 3.36. The van der Waals surface area contributed by atoms with E-state index >= 15 is 0 Å². The summed E-state index contributed by atoms with van der Waals surface area (Å²) in [6, 6.07) is 0.454. The molecule has 2 aromatic heterocycles. The highest BCUT2D eigenvalue weighted by Gasteiger charge is 2.18. The van der Waals surface area contributed by atoms with Gasteiger partial charge in [0.1, 0.15) is 5.82 Å². The lowest BCUT2D eigenvalue weighted by molar-refractivity contribution is 0.487. The predicted molar refractivity (Wildman–Crippen MR) is 81.1 cm³/mol. The lowest BCUT2D eigenvalue weighted by atomic mass is 10.1. The first-order valence-corrected chi connectivity index (χ1v) is 7.74. The van der Waals surface area contributed by atoms with Gasteiger partial charge in [-0.05, 0) is 32.2 Å². The second kappa shape index (κ2) is 5.44. The third kappa shape index (κ3) is 2.51. The van der Waals surface area contributed by atoms with E-state index in [1.807, 2.05) is 12.4 Å². The Hall–Kier alpha value is -1.95. The van der Waals surface area contributed by atoms with Crippen LogP contribution < -0.4 is 10.6 Å². The Morgan fingerprint density at radius 1 is 1.24 bits per heavy atom. The molecule has 0 aromatic carbocycles. The van der Waals surface area contributed by atoms with Gasteiger partial charge in [0, 0.05) is 30.4 Å². The molecule has 6 heteroatoms. The minimum Gasteiger partial charge on any atom is -0.365 e. The van der Waals surface area contributed by atoms with E-state index in [9.17, 15) is 0 Å². The van der Waals surface area contributed by atoms with Crippen LogP contribution >= 0.6 is 0 Å². The van der Waals surface area contributed by atoms with Gasteiger partial charge in [0.2, 0.25) is 0 Å². The van der Waals surface area contributed by atoms with Crippen molar-refractivity contribution in [2.45, 2.75) is 38.3 Å². The van der Waals surface area contributed by atoms with Gasteiger partial charge in [-0.3, -0.25) is 9.67 Å². The van der Waals surface area contributed by atoms with Crippen molar-refractivity contribution < 1.29 is 0 Å². The highest BCUT2D eigenvalue weighted by molar-refractivity contribution is 5.62. The first kappa shape index (κ1) is 12.8. The average molecular weight is 284 g/mol. The van der Waals surface area contributed by atoms with Crippen LogP contribution in [0.2, 0.25) is 0 Å². The zero-order valence-electron chi connectivity index (χ0n) is 12.0. The van der Waals surface area contributed by atoms with Gasteiger partial charge >= 0.3 is 0 Å². The van der Waals surface area contributed by atoms with Crippen molar-refractivity contribution in [2.24, 2.45) is 0 Å². The summed E-state index contributed by atoms with van der Waals surface area (Å²) in [5.74, 6) is 0.858. The Labute approximate surface area is 124 Å². The number of anilines is 1. The highest BCUT2D eigenvalue weighted by Crippen LogP contribution is 2.26. The minimum absolute atomic E-state index is 0.454. The molecule has 1 fully saturated rings. The summed E-state index contributed by atoms with van der Waals surface area (Å²) in [5, 5.41) is 11.3. The number of hydrogen-bond acceptors (Lipinski definition) is 5. The van der Waals surface area contributed by atoms with Crippen LogP contribution in [-0.2, 0) is 13.0 Å². The maximum atomic E-state index is 4.73. The summed E-state index contributed by atoms with van der Waals surface area (Å²) >= 11 is 0. The molecule has 2 aliphatic rings. The Morgan fingerprint density at radius 2 is 2.24 bits per heavy atom. The molecule has 2 N–H and O–H groups in total. The van der Waals surface area contributed by atoms with Crippen LogP contribution in [0.5, 0.6) is 0 Å². The van der Waals surface area contributed by atoms with E-state index in [2.05, 4.69) is 25.4 Å². The summed E-state index contributed by atoms with van der Waals surface area (Å²) in [7, 11) is 0. The lowest BCUT2D eigenvalue weighted by Crippen LogP contribution is -2.22. The van der Waals surface area contributed by atoms with Crippen LogP contribution in [0.15, 0.2) is 18.6 Å². The molecule has 21 heavy (non-hydrogen) atoms. The molecule has 4 heterocycles. The molecule has 2 aliphatic heterocycles. The first-order valence-electron chi connectivity index (χ1n) is 7.74. The number of nitrogens with zero attached hydrogens (tertiary/aromatic N) is 4. The molecule has 110 valence electrons. The summed E-state index contributed by atoms with van der Waals surface area (Å²) in [6.45, 7) is 3.09. The average Bonchev–Trinajstić information content (AvgIpc) is 3.16. The molecule has 0 aliphatic carbocycles. The van der Waals surface area contributed by atoms with Gasteiger partial charge in [-0.25, -0.2) is 4.98 Å². The van der Waals surface area contributed by atoms with Crippen LogP contribution in [0.4, 0.5) is 5.82 Å². The molecule has 0 radical (unpaired) electrons. The minimum atomic E-state index is 0.454. The molecule has 0 amide bonds. The smallest absolute Gasteiger partial charge is 0.145 e. The van der Waals surface area contributed by atoms with Crippen molar-refractivity contribution in [3.8, 4) is 11.3 Å². The van der Waals surface area contributed by atoms with Crippen LogP contribution in [0, 0.1) is 0 Å². The normalized spacial score (nSPS) is 21.2. The number of nitrogens with one attached hydrogen (secondary N) is 2.